The molecule has 23 heavy (non-hydrogen) atoms. The van der Waals surface area contributed by atoms with Crippen molar-refractivity contribution in [3.05, 3.63) is 29.8 Å². The van der Waals surface area contributed by atoms with Crippen molar-refractivity contribution in [3.63, 3.8) is 0 Å². The normalized spacial score (nSPS) is 16.0. The molecule has 7 nitrogen and oxygen atoms in total. The Morgan fingerprint density at radius 2 is 1.83 bits per heavy atom. The van der Waals surface area contributed by atoms with Crippen LogP contribution in [0.1, 0.15) is 18.4 Å². The number of carbonyl (C=O) groups is 2. The van der Waals surface area contributed by atoms with Crippen molar-refractivity contribution in [1.82, 2.24) is 5.32 Å². The van der Waals surface area contributed by atoms with Crippen molar-refractivity contribution in [1.29, 1.82) is 0 Å². The number of rotatable bonds is 5. The lowest BCUT2D eigenvalue weighted by molar-refractivity contribution is -0.124. The molecule has 1 unspecified atom stereocenters. The van der Waals surface area contributed by atoms with E-state index in [1.807, 2.05) is 12.1 Å². The lowest BCUT2D eigenvalue weighted by atomic mass is 9.92. The number of hydrogen-bond acceptors (Lipinski definition) is 4. The zero-order chi connectivity index (χ0) is 15.9. The Hall–Kier alpha value is -1.83. The van der Waals surface area contributed by atoms with Gasteiger partial charge >= 0.3 is 6.03 Å². The Morgan fingerprint density at radius 1 is 1.22 bits per heavy atom. The molecule has 0 aliphatic carbocycles. The molecule has 1 aromatic rings. The summed E-state index contributed by atoms with van der Waals surface area (Å²) in [5.41, 5.74) is 12.6. The van der Waals surface area contributed by atoms with Gasteiger partial charge in [0.15, 0.2) is 0 Å². The number of ether oxygens (including phenoxy) is 1. The van der Waals surface area contributed by atoms with Gasteiger partial charge in [0.25, 0.3) is 0 Å². The number of nitrogens with one attached hydrogen (secondary N) is 2. The van der Waals surface area contributed by atoms with Gasteiger partial charge in [-0.05, 0) is 36.5 Å². The molecule has 1 aliphatic rings. The standard InChI is InChI=1S/C15H22N4O3.ClH/c16-13(11-5-7-22-8-6-11)14(20)18-9-10-1-3-12(4-2-10)19-15(17)21;/h1-4,11,13H,5-9,16H2,(H,18,20)(H3,17,19,21);1H. The van der Waals surface area contributed by atoms with Crippen LogP contribution in [-0.4, -0.2) is 31.2 Å². The second-order valence-electron chi connectivity index (χ2n) is 5.38. The highest BCUT2D eigenvalue weighted by Gasteiger charge is 2.26. The summed E-state index contributed by atoms with van der Waals surface area (Å²) in [5.74, 6) is 0.0298. The Labute approximate surface area is 141 Å². The van der Waals surface area contributed by atoms with Gasteiger partial charge in [0, 0.05) is 25.4 Å². The first-order valence-corrected chi connectivity index (χ1v) is 7.32. The van der Waals surface area contributed by atoms with E-state index in [-0.39, 0.29) is 24.2 Å². The summed E-state index contributed by atoms with van der Waals surface area (Å²) in [5, 5.41) is 5.32. The van der Waals surface area contributed by atoms with Crippen LogP contribution < -0.4 is 22.1 Å². The minimum absolute atomic E-state index is 0. The minimum Gasteiger partial charge on any atom is -0.381 e. The van der Waals surface area contributed by atoms with Crippen molar-refractivity contribution >= 4 is 30.0 Å². The second-order valence-corrected chi connectivity index (χ2v) is 5.38. The van der Waals surface area contributed by atoms with Crippen LogP contribution in [0.5, 0.6) is 0 Å². The average molecular weight is 343 g/mol. The topological polar surface area (TPSA) is 119 Å². The Kier molecular flexibility index (Phi) is 7.80. The molecule has 0 saturated carbocycles. The van der Waals surface area contributed by atoms with Crippen molar-refractivity contribution in [2.45, 2.75) is 25.4 Å². The van der Waals surface area contributed by atoms with Gasteiger partial charge in [-0.25, -0.2) is 4.79 Å². The fraction of sp³-hybridized carbons (Fsp3) is 0.467. The first-order valence-electron chi connectivity index (χ1n) is 7.32. The molecule has 0 bridgehead atoms. The van der Waals surface area contributed by atoms with Crippen molar-refractivity contribution in [2.75, 3.05) is 18.5 Å². The highest BCUT2D eigenvalue weighted by molar-refractivity contribution is 5.87. The van der Waals surface area contributed by atoms with E-state index in [0.717, 1.165) is 18.4 Å². The van der Waals surface area contributed by atoms with E-state index >= 15 is 0 Å². The van der Waals surface area contributed by atoms with E-state index in [4.69, 9.17) is 16.2 Å². The van der Waals surface area contributed by atoms with Gasteiger partial charge in [-0.3, -0.25) is 4.79 Å². The number of amides is 3. The Balaban J connectivity index is 0.00000264. The monoisotopic (exact) mass is 342 g/mol. The third-order valence-corrected chi connectivity index (χ3v) is 3.76. The van der Waals surface area contributed by atoms with E-state index in [2.05, 4.69) is 10.6 Å². The van der Waals surface area contributed by atoms with Crippen molar-refractivity contribution in [2.24, 2.45) is 17.4 Å². The summed E-state index contributed by atoms with van der Waals surface area (Å²) >= 11 is 0. The maximum Gasteiger partial charge on any atom is 0.316 e. The van der Waals surface area contributed by atoms with Crippen LogP contribution in [0.25, 0.3) is 0 Å². The van der Waals surface area contributed by atoms with Crippen LogP contribution in [0.15, 0.2) is 24.3 Å². The number of carbonyl (C=O) groups excluding carboxylic acids is 2. The van der Waals surface area contributed by atoms with Gasteiger partial charge in [0.1, 0.15) is 0 Å². The maximum atomic E-state index is 12.1. The summed E-state index contributed by atoms with van der Waals surface area (Å²) < 4.78 is 5.27. The third kappa shape index (κ3) is 6.05. The SMILES string of the molecule is Cl.NC(=O)Nc1ccc(CNC(=O)C(N)C2CCOCC2)cc1. The van der Waals surface area contributed by atoms with E-state index in [0.29, 0.717) is 25.4 Å². The zero-order valence-corrected chi connectivity index (χ0v) is 13.6. The van der Waals surface area contributed by atoms with Crippen LogP contribution in [0.3, 0.4) is 0 Å². The molecule has 2 rings (SSSR count). The summed E-state index contributed by atoms with van der Waals surface area (Å²) in [6, 6.07) is 5.97. The fourth-order valence-electron chi connectivity index (χ4n) is 2.44. The van der Waals surface area contributed by atoms with E-state index in [1.54, 1.807) is 12.1 Å². The van der Waals surface area contributed by atoms with Gasteiger partial charge in [0.2, 0.25) is 5.91 Å². The molecule has 0 spiro atoms. The van der Waals surface area contributed by atoms with Gasteiger partial charge < -0.3 is 26.8 Å². The molecule has 8 heteroatoms. The third-order valence-electron chi connectivity index (χ3n) is 3.76. The zero-order valence-electron chi connectivity index (χ0n) is 12.8. The Morgan fingerprint density at radius 3 is 2.39 bits per heavy atom. The number of benzene rings is 1. The van der Waals surface area contributed by atoms with Crippen molar-refractivity contribution < 1.29 is 14.3 Å². The van der Waals surface area contributed by atoms with Gasteiger partial charge in [-0.1, -0.05) is 12.1 Å². The summed E-state index contributed by atoms with van der Waals surface area (Å²) in [6.07, 6.45) is 1.64. The largest absolute Gasteiger partial charge is 0.381 e. The van der Waals surface area contributed by atoms with Gasteiger partial charge in [0.05, 0.1) is 6.04 Å². The summed E-state index contributed by atoms with van der Waals surface area (Å²) in [6.45, 7) is 1.73. The molecule has 1 aliphatic heterocycles. The van der Waals surface area contributed by atoms with Crippen LogP contribution in [0.2, 0.25) is 0 Å². The number of hydrogen-bond donors (Lipinski definition) is 4. The van der Waals surface area contributed by atoms with Crippen LogP contribution in [-0.2, 0) is 16.1 Å². The number of urea groups is 1. The molecular weight excluding hydrogens is 320 g/mol. The van der Waals surface area contributed by atoms with Gasteiger partial charge in [-0.15, -0.1) is 12.4 Å². The van der Waals surface area contributed by atoms with Gasteiger partial charge in [-0.2, -0.15) is 0 Å². The summed E-state index contributed by atoms with van der Waals surface area (Å²) in [4.78, 5) is 22.8. The van der Waals surface area contributed by atoms with E-state index in [1.165, 1.54) is 0 Å². The van der Waals surface area contributed by atoms with Crippen LogP contribution in [0.4, 0.5) is 10.5 Å². The first-order chi connectivity index (χ1) is 10.6. The molecule has 1 aromatic carbocycles. The van der Waals surface area contributed by atoms with Crippen molar-refractivity contribution in [3.8, 4) is 0 Å². The second kappa shape index (κ2) is 9.34. The quantitative estimate of drug-likeness (QED) is 0.637. The predicted molar refractivity (Wildman–Crippen MR) is 90.3 cm³/mol. The molecule has 1 atom stereocenters. The Bertz CT molecular complexity index is 518. The number of halogens is 1. The molecular formula is C15H23ClN4O3. The predicted octanol–water partition coefficient (Wildman–Crippen LogP) is 0.969. The molecule has 1 heterocycles. The lowest BCUT2D eigenvalue weighted by Crippen LogP contribution is -2.46. The lowest BCUT2D eigenvalue weighted by Gasteiger charge is -2.26. The molecule has 0 aromatic heterocycles. The van der Waals surface area contributed by atoms with E-state index < -0.39 is 12.1 Å². The molecule has 1 saturated heterocycles. The minimum atomic E-state index is -0.608. The number of anilines is 1. The smallest absolute Gasteiger partial charge is 0.316 e. The first kappa shape index (κ1) is 19.2. The molecule has 6 N–H and O–H groups in total. The summed E-state index contributed by atoms with van der Waals surface area (Å²) in [7, 11) is 0. The van der Waals surface area contributed by atoms with Crippen LogP contribution >= 0.6 is 12.4 Å². The highest BCUT2D eigenvalue weighted by Crippen LogP contribution is 2.17. The molecule has 0 radical (unpaired) electrons. The van der Waals surface area contributed by atoms with E-state index in [9.17, 15) is 9.59 Å². The fourth-order valence-corrected chi connectivity index (χ4v) is 2.44. The maximum absolute atomic E-state index is 12.1. The average Bonchev–Trinajstić information content (AvgIpc) is 2.53. The molecule has 128 valence electrons. The molecule has 3 amide bonds. The molecule has 1 fully saturated rings. The highest BCUT2D eigenvalue weighted by atomic mass is 35.5. The number of primary amides is 1. The van der Waals surface area contributed by atoms with Crippen LogP contribution in [0, 0.1) is 5.92 Å². The number of nitrogens with two attached hydrogens (primary N) is 2.